The molecule has 0 bridgehead atoms. The molecule has 0 aliphatic heterocycles. The van der Waals surface area contributed by atoms with Gasteiger partial charge >= 0.3 is 5.97 Å². The van der Waals surface area contributed by atoms with Crippen LogP contribution in [0.15, 0.2) is 29.9 Å². The van der Waals surface area contributed by atoms with Gasteiger partial charge < -0.3 is 10.4 Å². The Balaban J connectivity index is 2.09. The first-order valence-electron chi connectivity index (χ1n) is 5.12. The summed E-state index contributed by atoms with van der Waals surface area (Å²) < 4.78 is 0. The summed E-state index contributed by atoms with van der Waals surface area (Å²) in [6.07, 6.45) is 1.82. The quantitative estimate of drug-likeness (QED) is 0.873. The van der Waals surface area contributed by atoms with Crippen LogP contribution in [0.2, 0.25) is 0 Å². The Morgan fingerprint density at radius 3 is 2.94 bits per heavy atom. The average molecular weight is 248 g/mol. The number of carboxylic acid groups (broad SMARTS) is 1. The van der Waals surface area contributed by atoms with Gasteiger partial charge in [-0.2, -0.15) is 0 Å². The highest BCUT2D eigenvalue weighted by molar-refractivity contribution is 7.09. The fraction of sp³-hybridized carbons (Fsp3) is 0.167. The Morgan fingerprint density at radius 2 is 2.35 bits per heavy atom. The highest BCUT2D eigenvalue weighted by Crippen LogP contribution is 2.18. The first kappa shape index (κ1) is 11.6. The summed E-state index contributed by atoms with van der Waals surface area (Å²) in [4.78, 5) is 15.9. The molecule has 88 valence electrons. The standard InChI is InChI=1S/C12H12N2O2S/c1-8-4-9(12(15)16)2-3-11(8)14-6-10-5-13-7-17-10/h2-5,7,14H,6H2,1H3,(H,15,16). The van der Waals surface area contributed by atoms with E-state index in [1.165, 1.54) is 0 Å². The molecule has 2 aromatic rings. The zero-order valence-electron chi connectivity index (χ0n) is 9.30. The van der Waals surface area contributed by atoms with Gasteiger partial charge in [-0.1, -0.05) is 0 Å². The van der Waals surface area contributed by atoms with Crippen LogP contribution < -0.4 is 5.32 Å². The highest BCUT2D eigenvalue weighted by atomic mass is 32.1. The number of nitrogens with zero attached hydrogens (tertiary/aromatic N) is 1. The van der Waals surface area contributed by atoms with Crippen LogP contribution in [-0.2, 0) is 6.54 Å². The van der Waals surface area contributed by atoms with Crippen LogP contribution in [0.3, 0.4) is 0 Å². The second-order valence-corrected chi connectivity index (χ2v) is 4.63. The molecule has 0 amide bonds. The molecule has 1 aromatic heterocycles. The van der Waals surface area contributed by atoms with Crippen molar-refractivity contribution in [1.82, 2.24) is 4.98 Å². The number of carbonyl (C=O) groups is 1. The lowest BCUT2D eigenvalue weighted by Crippen LogP contribution is -2.02. The van der Waals surface area contributed by atoms with Crippen LogP contribution in [0.25, 0.3) is 0 Å². The van der Waals surface area contributed by atoms with Gasteiger partial charge in [-0.25, -0.2) is 4.79 Å². The third kappa shape index (κ3) is 2.82. The number of hydrogen-bond acceptors (Lipinski definition) is 4. The molecule has 2 rings (SSSR count). The fourth-order valence-corrected chi connectivity index (χ4v) is 2.04. The summed E-state index contributed by atoms with van der Waals surface area (Å²) in [7, 11) is 0. The minimum Gasteiger partial charge on any atom is -0.478 e. The van der Waals surface area contributed by atoms with Gasteiger partial charge in [-0.15, -0.1) is 11.3 Å². The van der Waals surface area contributed by atoms with Crippen molar-refractivity contribution in [2.45, 2.75) is 13.5 Å². The van der Waals surface area contributed by atoms with Gasteiger partial charge in [0.2, 0.25) is 0 Å². The number of aryl methyl sites for hydroxylation is 1. The van der Waals surface area contributed by atoms with Crippen molar-refractivity contribution in [3.8, 4) is 0 Å². The van der Waals surface area contributed by atoms with Gasteiger partial charge in [0.15, 0.2) is 0 Å². The van der Waals surface area contributed by atoms with E-state index in [9.17, 15) is 4.79 Å². The van der Waals surface area contributed by atoms with E-state index in [1.54, 1.807) is 35.0 Å². The molecule has 0 radical (unpaired) electrons. The molecule has 0 saturated heterocycles. The topological polar surface area (TPSA) is 62.2 Å². The maximum absolute atomic E-state index is 10.8. The van der Waals surface area contributed by atoms with Crippen LogP contribution in [0, 0.1) is 6.92 Å². The summed E-state index contributed by atoms with van der Waals surface area (Å²) >= 11 is 1.59. The Hall–Kier alpha value is -1.88. The zero-order chi connectivity index (χ0) is 12.3. The van der Waals surface area contributed by atoms with Crippen molar-refractivity contribution in [2.75, 3.05) is 5.32 Å². The summed E-state index contributed by atoms with van der Waals surface area (Å²) in [6.45, 7) is 2.60. The number of anilines is 1. The Bertz CT molecular complexity index is 523. The van der Waals surface area contributed by atoms with Gasteiger partial charge in [0, 0.05) is 16.8 Å². The predicted octanol–water partition coefficient (Wildman–Crippen LogP) is 2.76. The molecule has 5 heteroatoms. The molecule has 0 aliphatic rings. The number of carboxylic acids is 1. The van der Waals surface area contributed by atoms with Crippen LogP contribution >= 0.6 is 11.3 Å². The van der Waals surface area contributed by atoms with Crippen molar-refractivity contribution in [3.05, 3.63) is 45.9 Å². The van der Waals surface area contributed by atoms with E-state index in [0.29, 0.717) is 12.1 Å². The van der Waals surface area contributed by atoms with Crippen molar-refractivity contribution < 1.29 is 9.90 Å². The Kier molecular flexibility index (Phi) is 3.39. The van der Waals surface area contributed by atoms with Crippen LogP contribution in [-0.4, -0.2) is 16.1 Å². The minimum atomic E-state index is -0.901. The second kappa shape index (κ2) is 4.97. The number of aromatic nitrogens is 1. The van der Waals surface area contributed by atoms with E-state index in [4.69, 9.17) is 5.11 Å². The smallest absolute Gasteiger partial charge is 0.335 e. The summed E-state index contributed by atoms with van der Waals surface area (Å²) in [6, 6.07) is 5.06. The van der Waals surface area contributed by atoms with E-state index < -0.39 is 5.97 Å². The molecule has 0 spiro atoms. The predicted molar refractivity (Wildman–Crippen MR) is 67.6 cm³/mol. The third-order valence-electron chi connectivity index (χ3n) is 2.41. The minimum absolute atomic E-state index is 0.311. The molecule has 4 nitrogen and oxygen atoms in total. The molecule has 0 saturated carbocycles. The number of benzene rings is 1. The van der Waals surface area contributed by atoms with Crippen molar-refractivity contribution in [3.63, 3.8) is 0 Å². The monoisotopic (exact) mass is 248 g/mol. The van der Waals surface area contributed by atoms with Crippen molar-refractivity contribution >= 4 is 23.0 Å². The largest absolute Gasteiger partial charge is 0.478 e. The fourth-order valence-electron chi connectivity index (χ4n) is 1.51. The molecule has 0 aliphatic carbocycles. The summed E-state index contributed by atoms with van der Waals surface area (Å²) in [5, 5.41) is 12.1. The average Bonchev–Trinajstić information content (AvgIpc) is 2.80. The normalized spacial score (nSPS) is 10.2. The lowest BCUT2D eigenvalue weighted by atomic mass is 10.1. The second-order valence-electron chi connectivity index (χ2n) is 3.66. The summed E-state index contributed by atoms with van der Waals surface area (Å²) in [5.74, 6) is -0.901. The SMILES string of the molecule is Cc1cc(C(=O)O)ccc1NCc1cncs1. The van der Waals surface area contributed by atoms with Crippen LogP contribution in [0.1, 0.15) is 20.8 Å². The third-order valence-corrected chi connectivity index (χ3v) is 3.19. The number of thiazole rings is 1. The van der Waals surface area contributed by atoms with Gasteiger partial charge in [0.1, 0.15) is 0 Å². The number of nitrogens with one attached hydrogen (secondary N) is 1. The van der Waals surface area contributed by atoms with Crippen LogP contribution in [0.4, 0.5) is 5.69 Å². The van der Waals surface area contributed by atoms with E-state index in [2.05, 4.69) is 10.3 Å². The Labute approximate surface area is 103 Å². The highest BCUT2D eigenvalue weighted by Gasteiger charge is 2.05. The molecule has 2 N–H and O–H groups in total. The molecular weight excluding hydrogens is 236 g/mol. The maximum atomic E-state index is 10.8. The molecule has 17 heavy (non-hydrogen) atoms. The van der Waals surface area contributed by atoms with E-state index >= 15 is 0 Å². The molecule has 0 atom stereocenters. The number of rotatable bonds is 4. The Morgan fingerprint density at radius 1 is 1.53 bits per heavy atom. The van der Waals surface area contributed by atoms with Gasteiger partial charge in [0.25, 0.3) is 0 Å². The molecule has 0 unspecified atom stereocenters. The van der Waals surface area contributed by atoms with E-state index in [0.717, 1.165) is 16.1 Å². The van der Waals surface area contributed by atoms with Gasteiger partial charge in [-0.05, 0) is 30.7 Å². The van der Waals surface area contributed by atoms with Gasteiger partial charge in [-0.3, -0.25) is 4.98 Å². The maximum Gasteiger partial charge on any atom is 0.335 e. The molecular formula is C12H12N2O2S. The summed E-state index contributed by atoms with van der Waals surface area (Å²) in [5.41, 5.74) is 3.97. The molecule has 1 aromatic carbocycles. The first-order valence-corrected chi connectivity index (χ1v) is 6.00. The zero-order valence-corrected chi connectivity index (χ0v) is 10.1. The lowest BCUT2D eigenvalue weighted by molar-refractivity contribution is 0.0697. The van der Waals surface area contributed by atoms with Gasteiger partial charge in [0.05, 0.1) is 17.6 Å². The van der Waals surface area contributed by atoms with E-state index in [-0.39, 0.29) is 0 Å². The van der Waals surface area contributed by atoms with E-state index in [1.807, 2.05) is 13.1 Å². The number of hydrogen-bond donors (Lipinski definition) is 2. The number of aromatic carboxylic acids is 1. The first-order chi connectivity index (χ1) is 8.16. The lowest BCUT2D eigenvalue weighted by Gasteiger charge is -2.08. The van der Waals surface area contributed by atoms with Crippen molar-refractivity contribution in [1.29, 1.82) is 0 Å². The van der Waals surface area contributed by atoms with Crippen molar-refractivity contribution in [2.24, 2.45) is 0 Å². The molecule has 1 heterocycles. The van der Waals surface area contributed by atoms with Crippen LogP contribution in [0.5, 0.6) is 0 Å². The molecule has 0 fully saturated rings.